The Bertz CT molecular complexity index is 140. The molecule has 13 heavy (non-hydrogen) atoms. The summed E-state index contributed by atoms with van der Waals surface area (Å²) in [5.74, 6) is 2.32. The number of hydrogen-bond acceptors (Lipinski definition) is 1. The number of likely N-dealkylation sites (N-methyl/N-ethyl adjacent to an activating group) is 1. The Morgan fingerprint density at radius 3 is 2.31 bits per heavy atom. The maximum Gasteiger partial charge on any atom is 0.0131 e. The van der Waals surface area contributed by atoms with Crippen LogP contribution in [-0.4, -0.2) is 13.6 Å². The van der Waals surface area contributed by atoms with Crippen LogP contribution in [0.3, 0.4) is 0 Å². The first kappa shape index (κ1) is 12.7. The first-order chi connectivity index (χ1) is 6.13. The van der Waals surface area contributed by atoms with Crippen molar-refractivity contribution >= 4 is 0 Å². The van der Waals surface area contributed by atoms with E-state index in [9.17, 15) is 0 Å². The lowest BCUT2D eigenvalue weighted by molar-refractivity contribution is 0.312. The van der Waals surface area contributed by atoms with Gasteiger partial charge in [-0.25, -0.2) is 0 Å². The molecule has 0 radical (unpaired) electrons. The Morgan fingerprint density at radius 2 is 1.85 bits per heavy atom. The van der Waals surface area contributed by atoms with Crippen molar-refractivity contribution in [3.05, 3.63) is 12.2 Å². The van der Waals surface area contributed by atoms with Gasteiger partial charge < -0.3 is 5.32 Å². The van der Waals surface area contributed by atoms with E-state index < -0.39 is 0 Å². The maximum atomic E-state index is 3.12. The van der Waals surface area contributed by atoms with Crippen molar-refractivity contribution in [2.24, 2.45) is 17.8 Å². The lowest BCUT2D eigenvalue weighted by Crippen LogP contribution is -2.14. The van der Waals surface area contributed by atoms with E-state index in [1.54, 1.807) is 0 Å². The molecule has 0 aromatic heterocycles. The molecule has 0 saturated heterocycles. The highest BCUT2D eigenvalue weighted by atomic mass is 14.8. The zero-order valence-electron chi connectivity index (χ0n) is 9.80. The SMILES string of the molecule is CCC(C)C(C)C(C)C=CCNC. The van der Waals surface area contributed by atoms with Gasteiger partial charge in [-0.3, -0.25) is 0 Å². The predicted molar refractivity (Wildman–Crippen MR) is 60.8 cm³/mol. The van der Waals surface area contributed by atoms with E-state index >= 15 is 0 Å². The minimum atomic E-state index is 0.697. The summed E-state index contributed by atoms with van der Waals surface area (Å²) in [5, 5.41) is 3.12. The molecule has 0 aliphatic carbocycles. The van der Waals surface area contributed by atoms with Crippen molar-refractivity contribution in [3.63, 3.8) is 0 Å². The van der Waals surface area contributed by atoms with E-state index in [1.807, 2.05) is 7.05 Å². The molecule has 1 N–H and O–H groups in total. The highest BCUT2D eigenvalue weighted by Gasteiger charge is 2.14. The molecule has 0 rings (SSSR count). The summed E-state index contributed by atoms with van der Waals surface area (Å²) in [6, 6.07) is 0. The fourth-order valence-electron chi connectivity index (χ4n) is 1.47. The third-order valence-electron chi connectivity index (χ3n) is 3.13. The first-order valence-corrected chi connectivity index (χ1v) is 5.44. The van der Waals surface area contributed by atoms with Gasteiger partial charge in [-0.2, -0.15) is 0 Å². The Hall–Kier alpha value is -0.300. The standard InChI is InChI=1S/C12H25N/c1-6-10(2)12(4)11(3)8-7-9-13-5/h7-8,10-13H,6,9H2,1-5H3. The number of hydrogen-bond donors (Lipinski definition) is 1. The molecule has 78 valence electrons. The molecular weight excluding hydrogens is 158 g/mol. The molecule has 0 aliphatic heterocycles. The van der Waals surface area contributed by atoms with Gasteiger partial charge in [0.05, 0.1) is 0 Å². The van der Waals surface area contributed by atoms with Gasteiger partial charge in [-0.05, 0) is 24.8 Å². The van der Waals surface area contributed by atoms with Gasteiger partial charge in [0.2, 0.25) is 0 Å². The normalized spacial score (nSPS) is 18.8. The number of rotatable bonds is 6. The molecule has 0 heterocycles. The topological polar surface area (TPSA) is 12.0 Å². The zero-order chi connectivity index (χ0) is 10.3. The Labute approximate surface area is 83.6 Å². The number of nitrogens with one attached hydrogen (secondary N) is 1. The van der Waals surface area contributed by atoms with Crippen molar-refractivity contribution in [2.75, 3.05) is 13.6 Å². The predicted octanol–water partition coefficient (Wildman–Crippen LogP) is 3.08. The van der Waals surface area contributed by atoms with Crippen LogP contribution in [0.15, 0.2) is 12.2 Å². The van der Waals surface area contributed by atoms with Gasteiger partial charge in [0.15, 0.2) is 0 Å². The molecule has 1 nitrogen and oxygen atoms in total. The van der Waals surface area contributed by atoms with Crippen LogP contribution in [0.2, 0.25) is 0 Å². The Balaban J connectivity index is 3.87. The third-order valence-corrected chi connectivity index (χ3v) is 3.13. The molecule has 0 saturated carbocycles. The second-order valence-corrected chi connectivity index (χ2v) is 4.09. The molecule has 0 spiro atoms. The summed E-state index contributed by atoms with van der Waals surface area (Å²) in [6.45, 7) is 10.3. The summed E-state index contributed by atoms with van der Waals surface area (Å²) < 4.78 is 0. The van der Waals surface area contributed by atoms with Crippen molar-refractivity contribution in [3.8, 4) is 0 Å². The van der Waals surface area contributed by atoms with Crippen LogP contribution < -0.4 is 5.32 Å². The zero-order valence-corrected chi connectivity index (χ0v) is 9.80. The van der Waals surface area contributed by atoms with Gasteiger partial charge in [-0.1, -0.05) is 46.3 Å². The summed E-state index contributed by atoms with van der Waals surface area (Å²) in [6.07, 6.45) is 5.84. The Kier molecular flexibility index (Phi) is 6.97. The molecule has 3 atom stereocenters. The highest BCUT2D eigenvalue weighted by Crippen LogP contribution is 2.23. The van der Waals surface area contributed by atoms with Crippen LogP contribution in [0.25, 0.3) is 0 Å². The lowest BCUT2D eigenvalue weighted by atomic mass is 9.83. The van der Waals surface area contributed by atoms with Crippen molar-refractivity contribution in [2.45, 2.75) is 34.1 Å². The van der Waals surface area contributed by atoms with Crippen LogP contribution in [0.1, 0.15) is 34.1 Å². The monoisotopic (exact) mass is 183 g/mol. The quantitative estimate of drug-likeness (QED) is 0.624. The molecule has 1 heteroatoms. The first-order valence-electron chi connectivity index (χ1n) is 5.44. The second kappa shape index (κ2) is 7.14. The van der Waals surface area contributed by atoms with Crippen LogP contribution in [-0.2, 0) is 0 Å². The van der Waals surface area contributed by atoms with E-state index in [2.05, 4.69) is 45.2 Å². The average molecular weight is 183 g/mol. The van der Waals surface area contributed by atoms with Gasteiger partial charge in [0.1, 0.15) is 0 Å². The molecule has 3 unspecified atom stereocenters. The highest BCUT2D eigenvalue weighted by molar-refractivity contribution is 4.90. The van der Waals surface area contributed by atoms with Crippen LogP contribution in [0.5, 0.6) is 0 Å². The van der Waals surface area contributed by atoms with Gasteiger partial charge in [-0.15, -0.1) is 0 Å². The van der Waals surface area contributed by atoms with Crippen LogP contribution in [0.4, 0.5) is 0 Å². The molecule has 0 aromatic rings. The number of allylic oxidation sites excluding steroid dienone is 1. The van der Waals surface area contributed by atoms with E-state index in [4.69, 9.17) is 0 Å². The fourth-order valence-corrected chi connectivity index (χ4v) is 1.47. The van der Waals surface area contributed by atoms with Crippen molar-refractivity contribution < 1.29 is 0 Å². The molecule has 0 fully saturated rings. The van der Waals surface area contributed by atoms with E-state index in [1.165, 1.54) is 6.42 Å². The van der Waals surface area contributed by atoms with Crippen molar-refractivity contribution in [1.29, 1.82) is 0 Å². The van der Waals surface area contributed by atoms with Gasteiger partial charge in [0, 0.05) is 6.54 Å². The largest absolute Gasteiger partial charge is 0.316 e. The summed E-state index contributed by atoms with van der Waals surface area (Å²) in [7, 11) is 1.98. The summed E-state index contributed by atoms with van der Waals surface area (Å²) in [5.41, 5.74) is 0. The van der Waals surface area contributed by atoms with E-state index in [0.29, 0.717) is 5.92 Å². The minimum Gasteiger partial charge on any atom is -0.316 e. The van der Waals surface area contributed by atoms with Crippen LogP contribution >= 0.6 is 0 Å². The maximum absolute atomic E-state index is 3.12. The minimum absolute atomic E-state index is 0.697. The fraction of sp³-hybridized carbons (Fsp3) is 0.833. The smallest absolute Gasteiger partial charge is 0.0131 e. The average Bonchev–Trinajstić information content (AvgIpc) is 2.15. The summed E-state index contributed by atoms with van der Waals surface area (Å²) in [4.78, 5) is 0. The molecule has 0 bridgehead atoms. The van der Waals surface area contributed by atoms with Crippen molar-refractivity contribution in [1.82, 2.24) is 5.32 Å². The van der Waals surface area contributed by atoms with Gasteiger partial charge in [0.25, 0.3) is 0 Å². The molecular formula is C12H25N. The Morgan fingerprint density at radius 1 is 1.23 bits per heavy atom. The van der Waals surface area contributed by atoms with E-state index in [-0.39, 0.29) is 0 Å². The molecule has 0 aliphatic rings. The summed E-state index contributed by atoms with van der Waals surface area (Å²) >= 11 is 0. The van der Waals surface area contributed by atoms with Crippen LogP contribution in [0, 0.1) is 17.8 Å². The third kappa shape index (κ3) is 5.09. The van der Waals surface area contributed by atoms with Gasteiger partial charge >= 0.3 is 0 Å². The molecule has 0 aromatic carbocycles. The molecule has 0 amide bonds. The lowest BCUT2D eigenvalue weighted by Gasteiger charge is -2.22. The van der Waals surface area contributed by atoms with E-state index in [0.717, 1.165) is 18.4 Å². The second-order valence-electron chi connectivity index (χ2n) is 4.09.